The Hall–Kier alpha value is -0.461. The second-order valence-electron chi connectivity index (χ2n) is 5.13. The number of methoxy groups -OCH3 is 2. The molecule has 1 aromatic rings. The molecular formula is C13H22O4Sn. The molecule has 0 aliphatic rings. The second-order valence-corrected chi connectivity index (χ2v) is 19.5. The summed E-state index contributed by atoms with van der Waals surface area (Å²) in [6.07, 6.45) is 0. The molecule has 0 aliphatic carbocycles. The predicted molar refractivity (Wildman–Crippen MR) is 74.4 cm³/mol. The molecule has 18 heavy (non-hydrogen) atoms. The first-order valence-corrected chi connectivity index (χ1v) is 15.9. The van der Waals surface area contributed by atoms with E-state index in [0.717, 1.165) is 11.3 Å². The topological polar surface area (TPSA) is 47.9 Å². The van der Waals surface area contributed by atoms with Crippen LogP contribution >= 0.6 is 0 Å². The van der Waals surface area contributed by atoms with Crippen LogP contribution in [-0.4, -0.2) is 44.5 Å². The summed E-state index contributed by atoms with van der Waals surface area (Å²) in [5.41, 5.74) is 0.859. The molecule has 0 heterocycles. The summed E-state index contributed by atoms with van der Waals surface area (Å²) in [6, 6.07) is 3.84. The van der Waals surface area contributed by atoms with Crippen LogP contribution in [-0.2, 0) is 11.3 Å². The number of hydrogen-bond donors (Lipinski definition) is 1. The average Bonchev–Trinajstić information content (AvgIpc) is 2.34. The fourth-order valence-electron chi connectivity index (χ4n) is 1.73. The van der Waals surface area contributed by atoms with Crippen molar-refractivity contribution in [3.05, 3.63) is 17.7 Å². The van der Waals surface area contributed by atoms with Crippen LogP contribution in [0.2, 0.25) is 14.8 Å². The van der Waals surface area contributed by atoms with Crippen molar-refractivity contribution in [2.75, 3.05) is 21.0 Å². The number of rotatable bonds is 6. The van der Waals surface area contributed by atoms with Crippen molar-refractivity contribution in [1.82, 2.24) is 0 Å². The normalized spacial score (nSPS) is 11.4. The van der Waals surface area contributed by atoms with Crippen LogP contribution in [0.4, 0.5) is 0 Å². The van der Waals surface area contributed by atoms with Gasteiger partial charge >= 0.3 is 113 Å². The van der Waals surface area contributed by atoms with E-state index >= 15 is 0 Å². The summed E-state index contributed by atoms with van der Waals surface area (Å²) < 4.78 is 17.2. The van der Waals surface area contributed by atoms with Gasteiger partial charge in [-0.2, -0.15) is 0 Å². The van der Waals surface area contributed by atoms with Crippen molar-refractivity contribution in [2.45, 2.75) is 21.4 Å². The molecule has 0 radical (unpaired) electrons. The van der Waals surface area contributed by atoms with Crippen molar-refractivity contribution in [3.8, 4) is 11.5 Å². The van der Waals surface area contributed by atoms with Gasteiger partial charge in [0.1, 0.15) is 0 Å². The summed E-state index contributed by atoms with van der Waals surface area (Å²) in [7, 11) is 3.20. The Kier molecular flexibility index (Phi) is 5.75. The summed E-state index contributed by atoms with van der Waals surface area (Å²) in [6.45, 7) is 0.208. The molecule has 0 bridgehead atoms. The van der Waals surface area contributed by atoms with Gasteiger partial charge in [-0.15, -0.1) is 0 Å². The third-order valence-electron chi connectivity index (χ3n) is 2.65. The molecule has 102 valence electrons. The van der Waals surface area contributed by atoms with E-state index in [-0.39, 0.29) is 13.4 Å². The minimum atomic E-state index is -2.36. The van der Waals surface area contributed by atoms with Crippen LogP contribution in [0.1, 0.15) is 5.56 Å². The third kappa shape index (κ3) is 3.76. The first-order valence-electron chi connectivity index (χ1n) is 5.88. The van der Waals surface area contributed by atoms with Gasteiger partial charge in [0.25, 0.3) is 0 Å². The van der Waals surface area contributed by atoms with Crippen molar-refractivity contribution < 1.29 is 19.3 Å². The zero-order valence-electron chi connectivity index (χ0n) is 11.7. The number of aliphatic hydroxyl groups is 1. The maximum absolute atomic E-state index is 9.32. The van der Waals surface area contributed by atoms with Gasteiger partial charge in [0, 0.05) is 0 Å². The van der Waals surface area contributed by atoms with E-state index in [1.807, 2.05) is 12.1 Å². The zero-order chi connectivity index (χ0) is 13.8. The molecule has 0 saturated heterocycles. The maximum atomic E-state index is 9.32. The summed E-state index contributed by atoms with van der Waals surface area (Å²) in [4.78, 5) is 6.89. The van der Waals surface area contributed by atoms with E-state index < -0.39 is 18.4 Å². The Labute approximate surface area is 113 Å². The third-order valence-corrected chi connectivity index (χ3v) is 8.32. The molecule has 0 unspecified atom stereocenters. The second kappa shape index (κ2) is 6.63. The molecule has 5 heteroatoms. The molecule has 0 atom stereocenters. The van der Waals surface area contributed by atoms with Crippen molar-refractivity contribution in [3.63, 3.8) is 0 Å². The summed E-state index contributed by atoms with van der Waals surface area (Å²) in [5, 5.41) is 9.32. The van der Waals surface area contributed by atoms with E-state index in [9.17, 15) is 5.11 Å². The van der Waals surface area contributed by atoms with Crippen molar-refractivity contribution >= 4 is 22.0 Å². The van der Waals surface area contributed by atoms with Gasteiger partial charge < -0.3 is 0 Å². The number of aliphatic hydroxyl groups excluding tert-OH is 1. The monoisotopic (exact) mass is 362 g/mol. The first-order chi connectivity index (χ1) is 8.43. The van der Waals surface area contributed by atoms with Crippen molar-refractivity contribution in [2.24, 2.45) is 0 Å². The minimum absolute atomic E-state index is 0.00979. The molecule has 0 saturated carbocycles. The predicted octanol–water partition coefficient (Wildman–Crippen LogP) is 1.72. The van der Waals surface area contributed by atoms with Crippen LogP contribution in [0.15, 0.2) is 12.1 Å². The molecular weight excluding hydrogens is 339 g/mol. The Morgan fingerprint density at radius 1 is 1.17 bits per heavy atom. The zero-order valence-corrected chi connectivity index (χ0v) is 14.6. The van der Waals surface area contributed by atoms with E-state index in [0.29, 0.717) is 5.75 Å². The van der Waals surface area contributed by atoms with Gasteiger partial charge in [-0.05, 0) is 0 Å². The average molecular weight is 361 g/mol. The Balaban J connectivity index is 3.32. The number of hydrogen-bond acceptors (Lipinski definition) is 4. The van der Waals surface area contributed by atoms with Gasteiger partial charge in [-0.3, -0.25) is 0 Å². The first kappa shape index (κ1) is 15.6. The fourth-order valence-corrected chi connectivity index (χ4v) is 5.99. The molecule has 0 amide bonds. The molecule has 0 aromatic heterocycles. The van der Waals surface area contributed by atoms with Crippen LogP contribution in [0.25, 0.3) is 0 Å². The number of benzene rings is 1. The summed E-state index contributed by atoms with van der Waals surface area (Å²) >= 11 is -2.36. The standard InChI is InChI=1S/C10H13O4.3CH3.Sn/c1-12-7-14-9-4-3-8(6-11)5-10(9)13-2;;;;/h3,5,11H,6-7H2,1-2H3;3*1H3;. The quantitative estimate of drug-likeness (QED) is 0.619. The van der Waals surface area contributed by atoms with E-state index in [4.69, 9.17) is 14.2 Å². The molecule has 4 nitrogen and oxygen atoms in total. The molecule has 0 fully saturated rings. The van der Waals surface area contributed by atoms with Crippen LogP contribution in [0.3, 0.4) is 0 Å². The van der Waals surface area contributed by atoms with Gasteiger partial charge in [-0.25, -0.2) is 0 Å². The van der Waals surface area contributed by atoms with E-state index in [1.165, 1.54) is 3.58 Å². The van der Waals surface area contributed by atoms with Crippen LogP contribution in [0, 0.1) is 0 Å². The Morgan fingerprint density at radius 3 is 2.28 bits per heavy atom. The molecule has 0 aliphatic heterocycles. The van der Waals surface area contributed by atoms with E-state index in [1.54, 1.807) is 14.2 Å². The van der Waals surface area contributed by atoms with Gasteiger partial charge in [0.2, 0.25) is 0 Å². The van der Waals surface area contributed by atoms with E-state index in [2.05, 4.69) is 14.8 Å². The summed E-state index contributed by atoms with van der Waals surface area (Å²) in [5.74, 6) is 1.43. The Bertz CT molecular complexity index is 399. The van der Waals surface area contributed by atoms with Crippen LogP contribution in [0.5, 0.6) is 11.5 Å². The fraction of sp³-hybridized carbons (Fsp3) is 0.538. The van der Waals surface area contributed by atoms with Crippen molar-refractivity contribution in [1.29, 1.82) is 0 Å². The molecule has 1 N–H and O–H groups in total. The molecule has 1 rings (SSSR count). The Morgan fingerprint density at radius 2 is 1.83 bits per heavy atom. The number of ether oxygens (including phenoxy) is 3. The van der Waals surface area contributed by atoms with Gasteiger partial charge in [0.05, 0.1) is 0 Å². The molecule has 0 spiro atoms. The SMILES string of the molecule is COCOc1c(OC)cc(CO)c[c]1[Sn]([CH3])([CH3])[CH3]. The van der Waals surface area contributed by atoms with Gasteiger partial charge in [-0.1, -0.05) is 0 Å². The van der Waals surface area contributed by atoms with Gasteiger partial charge in [0.15, 0.2) is 0 Å². The molecule has 1 aromatic carbocycles. The van der Waals surface area contributed by atoms with Crippen LogP contribution < -0.4 is 13.1 Å².